The van der Waals surface area contributed by atoms with Crippen LogP contribution in [0.3, 0.4) is 0 Å². The fraction of sp³-hybridized carbons (Fsp3) is 1.00. The first-order chi connectivity index (χ1) is 6.47. The number of aliphatic hydroxyl groups excluding tert-OH is 1. The number of hydrogen-bond donors (Lipinski definition) is 1. The zero-order valence-electron chi connectivity index (χ0n) is 10.6. The minimum absolute atomic E-state index is 0.0912. The van der Waals surface area contributed by atoms with Crippen molar-refractivity contribution in [3.05, 3.63) is 0 Å². The van der Waals surface area contributed by atoms with E-state index in [0.29, 0.717) is 5.92 Å². The molecule has 0 spiro atoms. The lowest BCUT2D eigenvalue weighted by Crippen LogP contribution is -2.16. The molecule has 0 saturated carbocycles. The summed E-state index contributed by atoms with van der Waals surface area (Å²) in [6, 6.07) is 0. The highest BCUT2D eigenvalue weighted by atomic mass is 16.3. The van der Waals surface area contributed by atoms with Gasteiger partial charge < -0.3 is 5.11 Å². The molecule has 1 N–H and O–H groups in total. The Kier molecular flexibility index (Phi) is 7.26. The lowest BCUT2D eigenvalue weighted by atomic mass is 9.85. The van der Waals surface area contributed by atoms with Crippen LogP contribution in [0.5, 0.6) is 0 Å². The summed E-state index contributed by atoms with van der Waals surface area (Å²) in [6.07, 6.45) is 4.38. The summed E-state index contributed by atoms with van der Waals surface area (Å²) in [5.74, 6) is 2.21. The highest BCUT2D eigenvalue weighted by Crippen LogP contribution is 2.23. The molecular weight excluding hydrogens is 172 g/mol. The lowest BCUT2D eigenvalue weighted by Gasteiger charge is -2.22. The Bertz CT molecular complexity index is 131. The number of rotatable bonds is 7. The summed E-state index contributed by atoms with van der Waals surface area (Å²) in [5.41, 5.74) is 0. The van der Waals surface area contributed by atoms with Crippen LogP contribution in [0.25, 0.3) is 0 Å². The van der Waals surface area contributed by atoms with Crippen molar-refractivity contribution in [2.45, 2.75) is 66.4 Å². The van der Waals surface area contributed by atoms with Crippen LogP contribution in [0.2, 0.25) is 0 Å². The van der Waals surface area contributed by atoms with Crippen LogP contribution in [0.1, 0.15) is 60.3 Å². The highest BCUT2D eigenvalue weighted by Gasteiger charge is 2.15. The van der Waals surface area contributed by atoms with Gasteiger partial charge in [0.15, 0.2) is 0 Å². The normalized spacial score (nSPS) is 18.2. The van der Waals surface area contributed by atoms with Crippen LogP contribution in [0.4, 0.5) is 0 Å². The van der Waals surface area contributed by atoms with Crippen molar-refractivity contribution in [1.82, 2.24) is 0 Å². The fourth-order valence-corrected chi connectivity index (χ4v) is 1.71. The van der Waals surface area contributed by atoms with E-state index in [2.05, 4.69) is 34.6 Å². The van der Waals surface area contributed by atoms with Crippen molar-refractivity contribution in [3.8, 4) is 0 Å². The Labute approximate surface area is 89.9 Å². The topological polar surface area (TPSA) is 20.2 Å². The zero-order chi connectivity index (χ0) is 11.1. The second-order valence-corrected chi connectivity index (χ2v) is 5.22. The maximum absolute atomic E-state index is 9.55. The molecule has 3 atom stereocenters. The zero-order valence-corrected chi connectivity index (χ0v) is 10.6. The summed E-state index contributed by atoms with van der Waals surface area (Å²) in [7, 11) is 0. The number of hydrogen-bond acceptors (Lipinski definition) is 1. The van der Waals surface area contributed by atoms with E-state index in [-0.39, 0.29) is 6.10 Å². The Balaban J connectivity index is 3.69. The minimum atomic E-state index is -0.0912. The van der Waals surface area contributed by atoms with Crippen molar-refractivity contribution < 1.29 is 5.11 Å². The largest absolute Gasteiger partial charge is 0.393 e. The highest BCUT2D eigenvalue weighted by molar-refractivity contribution is 4.66. The number of aliphatic hydroxyl groups is 1. The van der Waals surface area contributed by atoms with E-state index in [4.69, 9.17) is 0 Å². The molecule has 0 amide bonds. The van der Waals surface area contributed by atoms with Crippen molar-refractivity contribution in [3.63, 3.8) is 0 Å². The van der Waals surface area contributed by atoms with Gasteiger partial charge in [0.2, 0.25) is 0 Å². The van der Waals surface area contributed by atoms with Gasteiger partial charge in [0.05, 0.1) is 6.10 Å². The third kappa shape index (κ3) is 6.42. The maximum Gasteiger partial charge on any atom is 0.0540 e. The van der Waals surface area contributed by atoms with Crippen molar-refractivity contribution in [1.29, 1.82) is 0 Å². The Morgan fingerprint density at radius 1 is 0.929 bits per heavy atom. The molecule has 0 fully saturated rings. The standard InChI is InChI=1S/C13H28O/c1-6-13(14)9-12(5)11(4)8-7-10(2)3/h10-14H,6-9H2,1-5H3. The predicted octanol–water partition coefficient (Wildman–Crippen LogP) is 3.86. The summed E-state index contributed by atoms with van der Waals surface area (Å²) in [5, 5.41) is 9.55. The Morgan fingerprint density at radius 3 is 1.93 bits per heavy atom. The molecule has 1 heteroatoms. The van der Waals surface area contributed by atoms with E-state index in [9.17, 15) is 5.11 Å². The molecule has 0 aliphatic rings. The molecule has 0 aromatic rings. The maximum atomic E-state index is 9.55. The molecule has 0 aromatic carbocycles. The molecule has 86 valence electrons. The van der Waals surface area contributed by atoms with Crippen LogP contribution < -0.4 is 0 Å². The van der Waals surface area contributed by atoms with Gasteiger partial charge in [-0.25, -0.2) is 0 Å². The monoisotopic (exact) mass is 200 g/mol. The van der Waals surface area contributed by atoms with Crippen LogP contribution in [-0.2, 0) is 0 Å². The smallest absolute Gasteiger partial charge is 0.0540 e. The third-order valence-electron chi connectivity index (χ3n) is 3.29. The van der Waals surface area contributed by atoms with Crippen LogP contribution >= 0.6 is 0 Å². The first-order valence-corrected chi connectivity index (χ1v) is 6.15. The molecule has 14 heavy (non-hydrogen) atoms. The van der Waals surface area contributed by atoms with Gasteiger partial charge in [-0.2, -0.15) is 0 Å². The van der Waals surface area contributed by atoms with Gasteiger partial charge in [0.25, 0.3) is 0 Å². The molecule has 1 nitrogen and oxygen atoms in total. The quantitative estimate of drug-likeness (QED) is 0.661. The van der Waals surface area contributed by atoms with Gasteiger partial charge in [-0.3, -0.25) is 0 Å². The summed E-state index contributed by atoms with van der Waals surface area (Å²) < 4.78 is 0. The lowest BCUT2D eigenvalue weighted by molar-refractivity contribution is 0.125. The molecule has 0 heterocycles. The van der Waals surface area contributed by atoms with E-state index in [0.717, 1.165) is 24.7 Å². The van der Waals surface area contributed by atoms with Crippen molar-refractivity contribution in [2.75, 3.05) is 0 Å². The van der Waals surface area contributed by atoms with Gasteiger partial charge in [-0.15, -0.1) is 0 Å². The van der Waals surface area contributed by atoms with Gasteiger partial charge in [-0.1, -0.05) is 47.5 Å². The van der Waals surface area contributed by atoms with E-state index in [1.165, 1.54) is 12.8 Å². The third-order valence-corrected chi connectivity index (χ3v) is 3.29. The summed E-state index contributed by atoms with van der Waals surface area (Å²) >= 11 is 0. The average molecular weight is 200 g/mol. The van der Waals surface area contributed by atoms with Gasteiger partial charge in [0.1, 0.15) is 0 Å². The van der Waals surface area contributed by atoms with Gasteiger partial charge >= 0.3 is 0 Å². The van der Waals surface area contributed by atoms with Crippen LogP contribution in [0, 0.1) is 17.8 Å². The summed E-state index contributed by atoms with van der Waals surface area (Å²) in [6.45, 7) is 11.2. The first-order valence-electron chi connectivity index (χ1n) is 6.15. The van der Waals surface area contributed by atoms with Crippen LogP contribution in [0.15, 0.2) is 0 Å². The minimum Gasteiger partial charge on any atom is -0.393 e. The van der Waals surface area contributed by atoms with Crippen molar-refractivity contribution >= 4 is 0 Å². The first kappa shape index (κ1) is 14.0. The molecule has 0 rings (SSSR count). The molecule has 0 bridgehead atoms. The second kappa shape index (κ2) is 7.28. The Hall–Kier alpha value is -0.0400. The second-order valence-electron chi connectivity index (χ2n) is 5.22. The fourth-order valence-electron chi connectivity index (χ4n) is 1.71. The SMILES string of the molecule is CCC(O)CC(C)C(C)CCC(C)C. The van der Waals surface area contributed by atoms with E-state index < -0.39 is 0 Å². The van der Waals surface area contributed by atoms with E-state index >= 15 is 0 Å². The van der Waals surface area contributed by atoms with Gasteiger partial charge in [0, 0.05) is 0 Å². The Morgan fingerprint density at radius 2 is 1.50 bits per heavy atom. The molecule has 0 aliphatic carbocycles. The van der Waals surface area contributed by atoms with E-state index in [1.807, 2.05) is 0 Å². The molecular formula is C13H28O. The van der Waals surface area contributed by atoms with Crippen molar-refractivity contribution in [2.24, 2.45) is 17.8 Å². The molecule has 0 aromatic heterocycles. The van der Waals surface area contributed by atoms with Crippen LogP contribution in [-0.4, -0.2) is 11.2 Å². The summed E-state index contributed by atoms with van der Waals surface area (Å²) in [4.78, 5) is 0. The van der Waals surface area contributed by atoms with E-state index in [1.54, 1.807) is 0 Å². The molecule has 0 aliphatic heterocycles. The predicted molar refractivity (Wildman–Crippen MR) is 63.3 cm³/mol. The molecule has 0 radical (unpaired) electrons. The average Bonchev–Trinajstić information content (AvgIpc) is 2.13. The molecule has 0 saturated heterocycles. The molecule has 3 unspecified atom stereocenters. The van der Waals surface area contributed by atoms with Gasteiger partial charge in [-0.05, 0) is 30.6 Å².